The molecule has 2 aromatic heterocycles. The third-order valence-electron chi connectivity index (χ3n) is 5.54. The molecule has 2 aromatic carbocycles. The van der Waals surface area contributed by atoms with Crippen LogP contribution in [0.1, 0.15) is 30.2 Å². The number of aromatic nitrogens is 4. The van der Waals surface area contributed by atoms with Crippen molar-refractivity contribution in [3.63, 3.8) is 0 Å². The lowest BCUT2D eigenvalue weighted by Gasteiger charge is -2.12. The van der Waals surface area contributed by atoms with Gasteiger partial charge in [0.05, 0.1) is 51.9 Å². The van der Waals surface area contributed by atoms with Crippen LogP contribution in [0.4, 0.5) is 13.2 Å². The molecule has 0 atom stereocenters. The van der Waals surface area contributed by atoms with E-state index in [2.05, 4.69) is 5.10 Å². The average Bonchev–Trinajstić information content (AvgIpc) is 3.40. The highest BCUT2D eigenvalue weighted by atomic mass is 32.2. The van der Waals surface area contributed by atoms with Gasteiger partial charge in [-0.25, -0.2) is 17.9 Å². The first kappa shape index (κ1) is 25.0. The summed E-state index contributed by atoms with van der Waals surface area (Å²) in [5.41, 5.74) is -0.873. The minimum absolute atomic E-state index is 0.0206. The van der Waals surface area contributed by atoms with Gasteiger partial charge in [-0.15, -0.1) is 0 Å². The van der Waals surface area contributed by atoms with Crippen molar-refractivity contribution in [3.8, 4) is 28.8 Å². The lowest BCUT2D eigenvalue weighted by molar-refractivity contribution is -0.137. The summed E-state index contributed by atoms with van der Waals surface area (Å²) in [5, 5.41) is 13.3. The quantitative estimate of drug-likeness (QED) is 0.381. The third kappa shape index (κ3) is 4.33. The van der Waals surface area contributed by atoms with Gasteiger partial charge in [0.25, 0.3) is 0 Å². The van der Waals surface area contributed by atoms with Gasteiger partial charge < -0.3 is 0 Å². The number of hydrogen-bond donors (Lipinski definition) is 0. The van der Waals surface area contributed by atoms with Crippen LogP contribution in [-0.4, -0.2) is 32.5 Å². The van der Waals surface area contributed by atoms with E-state index in [0.717, 1.165) is 22.8 Å². The molecule has 186 valence electrons. The summed E-state index contributed by atoms with van der Waals surface area (Å²) < 4.78 is 69.5. The van der Waals surface area contributed by atoms with E-state index in [1.807, 2.05) is 6.07 Å². The maximum absolute atomic E-state index is 13.5. The van der Waals surface area contributed by atoms with Crippen molar-refractivity contribution in [1.29, 1.82) is 5.26 Å². The van der Waals surface area contributed by atoms with Gasteiger partial charge in [0.1, 0.15) is 5.69 Å². The first-order valence-electron chi connectivity index (χ1n) is 10.8. The molecule has 36 heavy (non-hydrogen) atoms. The van der Waals surface area contributed by atoms with E-state index in [1.165, 1.54) is 29.9 Å². The van der Waals surface area contributed by atoms with E-state index in [1.54, 1.807) is 31.2 Å². The molecule has 0 unspecified atom stereocenters. The van der Waals surface area contributed by atoms with Crippen molar-refractivity contribution in [3.05, 3.63) is 88.1 Å². The van der Waals surface area contributed by atoms with Gasteiger partial charge >= 0.3 is 11.9 Å². The van der Waals surface area contributed by atoms with Gasteiger partial charge in [-0.3, -0.25) is 4.57 Å². The van der Waals surface area contributed by atoms with Crippen LogP contribution < -0.4 is 5.69 Å². The maximum Gasteiger partial charge on any atom is 0.416 e. The fraction of sp³-hybridized carbons (Fsp3) is 0.208. The lowest BCUT2D eigenvalue weighted by Crippen LogP contribution is -2.31. The summed E-state index contributed by atoms with van der Waals surface area (Å²) in [4.78, 5) is 13.5. The number of imidazole rings is 1. The summed E-state index contributed by atoms with van der Waals surface area (Å²) in [6.07, 6.45) is -3.02. The Kier molecular flexibility index (Phi) is 6.36. The Balaban J connectivity index is 2.03. The van der Waals surface area contributed by atoms with Crippen LogP contribution in [0.25, 0.3) is 22.8 Å². The molecule has 0 radical (unpaired) electrons. The molecule has 4 aromatic rings. The fourth-order valence-electron chi connectivity index (χ4n) is 3.97. The molecule has 0 aliphatic rings. The zero-order valence-electron chi connectivity index (χ0n) is 19.2. The zero-order valence-corrected chi connectivity index (χ0v) is 20.0. The fourth-order valence-corrected chi connectivity index (χ4v) is 5.49. The summed E-state index contributed by atoms with van der Waals surface area (Å²) in [7, 11) is -4.18. The van der Waals surface area contributed by atoms with Crippen LogP contribution in [0.2, 0.25) is 0 Å². The SMILES string of the molecule is CCCS(=O)(=O)n1c(-c2ccnn2-c2ccc(C#N)cc2)c(C)n(-c2cccc(C(F)(F)F)c2)c1=O. The Morgan fingerprint density at radius 1 is 1.06 bits per heavy atom. The maximum atomic E-state index is 13.5. The highest BCUT2D eigenvalue weighted by molar-refractivity contribution is 7.89. The predicted molar refractivity (Wildman–Crippen MR) is 127 cm³/mol. The lowest BCUT2D eigenvalue weighted by atomic mass is 10.2. The molecule has 0 saturated carbocycles. The minimum atomic E-state index is -4.65. The molecular weight excluding hydrogens is 495 g/mol. The van der Waals surface area contributed by atoms with Crippen LogP contribution in [0.15, 0.2) is 65.6 Å². The van der Waals surface area contributed by atoms with Gasteiger partial charge in [0, 0.05) is 0 Å². The summed E-state index contributed by atoms with van der Waals surface area (Å²) in [5.74, 6) is -0.350. The van der Waals surface area contributed by atoms with E-state index in [-0.39, 0.29) is 34.9 Å². The normalized spacial score (nSPS) is 12.0. The standard InChI is InChI=1S/C24H20F3N5O3S/c1-3-13-36(34,35)32-22(21-11-12-29-31(21)19-9-7-17(15-28)8-10-19)16(2)30(23(32)33)20-6-4-5-18(14-20)24(25,26)27/h4-12,14H,3,13H2,1-2H3. The number of halogens is 3. The largest absolute Gasteiger partial charge is 0.416 e. The second-order valence-electron chi connectivity index (χ2n) is 7.97. The van der Waals surface area contributed by atoms with Crippen molar-refractivity contribution < 1.29 is 21.6 Å². The first-order chi connectivity index (χ1) is 17.0. The van der Waals surface area contributed by atoms with E-state index >= 15 is 0 Å². The van der Waals surface area contributed by atoms with E-state index in [4.69, 9.17) is 5.26 Å². The molecule has 0 aliphatic carbocycles. The Bertz CT molecular complexity index is 1640. The molecule has 0 fully saturated rings. The van der Waals surface area contributed by atoms with Crippen molar-refractivity contribution in [1.82, 2.24) is 18.3 Å². The molecule has 0 spiro atoms. The topological polar surface area (TPSA) is 103 Å². The molecule has 4 rings (SSSR count). The molecule has 0 bridgehead atoms. The predicted octanol–water partition coefficient (Wildman–Crippen LogP) is 4.28. The third-order valence-corrected chi connectivity index (χ3v) is 7.36. The molecule has 2 heterocycles. The Labute approximate surface area is 204 Å². The number of rotatable bonds is 6. The van der Waals surface area contributed by atoms with Gasteiger partial charge in [0.15, 0.2) is 0 Å². The highest BCUT2D eigenvalue weighted by Gasteiger charge is 2.32. The van der Waals surface area contributed by atoms with Gasteiger partial charge in [-0.2, -0.15) is 27.5 Å². The number of alkyl halides is 3. The second kappa shape index (κ2) is 9.16. The zero-order chi connectivity index (χ0) is 26.3. The van der Waals surface area contributed by atoms with Crippen LogP contribution in [0.3, 0.4) is 0 Å². The van der Waals surface area contributed by atoms with E-state index in [0.29, 0.717) is 15.2 Å². The van der Waals surface area contributed by atoms with Crippen LogP contribution in [-0.2, 0) is 16.2 Å². The molecule has 8 nitrogen and oxygen atoms in total. The van der Waals surface area contributed by atoms with Crippen molar-refractivity contribution >= 4 is 10.0 Å². The van der Waals surface area contributed by atoms with Crippen molar-refractivity contribution in [2.75, 3.05) is 5.75 Å². The summed E-state index contributed by atoms with van der Waals surface area (Å²) in [6, 6.07) is 14.0. The minimum Gasteiger partial charge on any atom is -0.264 e. The van der Waals surface area contributed by atoms with Gasteiger partial charge in [-0.1, -0.05) is 13.0 Å². The Morgan fingerprint density at radius 2 is 1.75 bits per heavy atom. The molecule has 0 saturated heterocycles. The number of nitrogens with zero attached hydrogens (tertiary/aromatic N) is 5. The van der Waals surface area contributed by atoms with Crippen LogP contribution in [0, 0.1) is 18.3 Å². The molecule has 12 heteroatoms. The number of hydrogen-bond acceptors (Lipinski definition) is 5. The highest BCUT2D eigenvalue weighted by Crippen LogP contribution is 2.32. The summed E-state index contributed by atoms with van der Waals surface area (Å²) >= 11 is 0. The summed E-state index contributed by atoms with van der Waals surface area (Å²) in [6.45, 7) is 3.10. The van der Waals surface area contributed by atoms with Crippen LogP contribution in [0.5, 0.6) is 0 Å². The van der Waals surface area contributed by atoms with Crippen molar-refractivity contribution in [2.45, 2.75) is 26.4 Å². The average molecular weight is 516 g/mol. The van der Waals surface area contributed by atoms with Crippen LogP contribution >= 0.6 is 0 Å². The van der Waals surface area contributed by atoms with Gasteiger partial charge in [-0.05, 0) is 61.9 Å². The monoisotopic (exact) mass is 515 g/mol. The Morgan fingerprint density at radius 3 is 2.36 bits per heavy atom. The van der Waals surface area contributed by atoms with E-state index in [9.17, 15) is 26.4 Å². The van der Waals surface area contributed by atoms with E-state index < -0.39 is 27.5 Å². The molecule has 0 amide bonds. The number of benzene rings is 2. The Hall–Kier alpha value is -4.11. The second-order valence-corrected chi connectivity index (χ2v) is 9.90. The molecule has 0 aliphatic heterocycles. The molecule has 0 N–H and O–H groups in total. The smallest absolute Gasteiger partial charge is 0.264 e. The first-order valence-corrected chi connectivity index (χ1v) is 12.4. The molecular formula is C24H20F3N5O3S. The van der Waals surface area contributed by atoms with Gasteiger partial charge in [0.2, 0.25) is 10.0 Å². The number of nitriles is 1. The van der Waals surface area contributed by atoms with Crippen molar-refractivity contribution in [2.24, 2.45) is 0 Å².